The Labute approximate surface area is 353 Å². The van der Waals surface area contributed by atoms with E-state index in [4.69, 9.17) is 19.4 Å². The number of hydrogen-bond acceptors (Lipinski definition) is 8. The fourth-order valence-electron chi connectivity index (χ4n) is 9.74. The van der Waals surface area contributed by atoms with Gasteiger partial charge >= 0.3 is 12.2 Å². The number of aromatic amines is 2. The van der Waals surface area contributed by atoms with Gasteiger partial charge in [-0.05, 0) is 83.7 Å². The van der Waals surface area contributed by atoms with Crippen molar-refractivity contribution in [1.29, 1.82) is 0 Å². The normalized spacial score (nSPS) is 20.6. The van der Waals surface area contributed by atoms with E-state index >= 15 is 0 Å². The maximum absolute atomic E-state index is 14.3. The molecule has 0 radical (unpaired) electrons. The minimum Gasteiger partial charge on any atom is -0.453 e. The van der Waals surface area contributed by atoms with Gasteiger partial charge in [0, 0.05) is 18.0 Å². The molecule has 61 heavy (non-hydrogen) atoms. The second-order valence-corrected chi connectivity index (χ2v) is 16.7. The van der Waals surface area contributed by atoms with E-state index in [1.54, 1.807) is 0 Å². The summed E-state index contributed by atoms with van der Waals surface area (Å²) in [5.74, 6) is 1.33. The second kappa shape index (κ2) is 16.4. The molecule has 2 bridgehead atoms. The van der Waals surface area contributed by atoms with Gasteiger partial charge < -0.3 is 39.9 Å². The van der Waals surface area contributed by atoms with E-state index in [1.807, 2.05) is 66.2 Å². The van der Waals surface area contributed by atoms with Crippen LogP contribution in [-0.4, -0.2) is 86.6 Å². The number of nitrogens with zero attached hydrogens (tertiary/aromatic N) is 4. The smallest absolute Gasteiger partial charge is 0.407 e. The molecule has 4 heterocycles. The first-order valence-corrected chi connectivity index (χ1v) is 21.1. The Hall–Kier alpha value is -6.70. The van der Waals surface area contributed by atoms with Crippen LogP contribution in [0.5, 0.6) is 0 Å². The summed E-state index contributed by atoms with van der Waals surface area (Å²) >= 11 is 0. The number of imidazole rings is 2. The van der Waals surface area contributed by atoms with Crippen molar-refractivity contribution in [2.75, 3.05) is 20.8 Å². The second-order valence-electron chi connectivity index (χ2n) is 16.7. The highest BCUT2D eigenvalue weighted by molar-refractivity contribution is 6.05. The Morgan fingerprint density at radius 2 is 1.52 bits per heavy atom. The van der Waals surface area contributed by atoms with Gasteiger partial charge in [0.15, 0.2) is 0 Å². The van der Waals surface area contributed by atoms with Crippen molar-refractivity contribution in [3.05, 3.63) is 108 Å². The van der Waals surface area contributed by atoms with E-state index in [9.17, 15) is 19.2 Å². The SMILES string of the molecule is COC(=O)NC(C(=O)N1C2CCC(C2)C1c1ncc(-c2ccc(-c3ccc4c(ccc5[nH]c(C6CCCN6C(=O)C(NC(=O)OC)C(C)C)nc54)c3)cc2)[nH]1)c1ccccc1. The van der Waals surface area contributed by atoms with Crippen LogP contribution in [-0.2, 0) is 19.1 Å². The largest absolute Gasteiger partial charge is 0.453 e. The van der Waals surface area contributed by atoms with Gasteiger partial charge in [0.1, 0.15) is 23.7 Å². The molecular formula is C47H50N8O6. The number of carbonyl (C=O) groups is 4. The Morgan fingerprint density at radius 1 is 0.787 bits per heavy atom. The lowest BCUT2D eigenvalue weighted by atomic mass is 9.96. The number of likely N-dealkylation sites (tertiary alicyclic amines) is 2. The Kier molecular flexibility index (Phi) is 10.7. The predicted octanol–water partition coefficient (Wildman–Crippen LogP) is 7.97. The first kappa shape index (κ1) is 39.7. The molecule has 314 valence electrons. The van der Waals surface area contributed by atoms with Gasteiger partial charge in [-0.1, -0.05) is 86.6 Å². The summed E-state index contributed by atoms with van der Waals surface area (Å²) in [6.07, 6.45) is 5.00. The summed E-state index contributed by atoms with van der Waals surface area (Å²) in [7, 11) is 2.59. The van der Waals surface area contributed by atoms with Crippen molar-refractivity contribution in [3.8, 4) is 22.4 Å². The summed E-state index contributed by atoms with van der Waals surface area (Å²) in [6, 6.07) is 26.2. The van der Waals surface area contributed by atoms with Crippen LogP contribution in [0.4, 0.5) is 9.59 Å². The van der Waals surface area contributed by atoms with Gasteiger partial charge in [-0.25, -0.2) is 19.6 Å². The van der Waals surface area contributed by atoms with Crippen LogP contribution >= 0.6 is 0 Å². The molecule has 1 saturated carbocycles. The molecule has 2 aromatic heterocycles. The number of nitrogens with one attached hydrogen (secondary N) is 4. The monoisotopic (exact) mass is 822 g/mol. The van der Waals surface area contributed by atoms with Crippen LogP contribution < -0.4 is 10.6 Å². The Bertz CT molecular complexity index is 2600. The van der Waals surface area contributed by atoms with Gasteiger partial charge in [-0.15, -0.1) is 0 Å². The lowest BCUT2D eigenvalue weighted by molar-refractivity contribution is -0.138. The fourth-order valence-corrected chi connectivity index (χ4v) is 9.74. The molecule has 2 saturated heterocycles. The Balaban J connectivity index is 0.929. The number of rotatable bonds is 10. The highest BCUT2D eigenvalue weighted by Gasteiger charge is 2.51. The minimum atomic E-state index is -0.877. The summed E-state index contributed by atoms with van der Waals surface area (Å²) in [4.78, 5) is 73.2. The molecule has 4 N–H and O–H groups in total. The quantitative estimate of drug-likeness (QED) is 0.108. The van der Waals surface area contributed by atoms with E-state index in [-0.39, 0.29) is 41.8 Å². The number of benzene rings is 4. The average molecular weight is 823 g/mol. The van der Waals surface area contributed by atoms with Gasteiger partial charge in [0.05, 0.1) is 49.2 Å². The molecule has 6 aromatic rings. The number of carbonyl (C=O) groups excluding carboxylic acids is 4. The molecule has 0 spiro atoms. The highest BCUT2D eigenvalue weighted by atomic mass is 16.5. The summed E-state index contributed by atoms with van der Waals surface area (Å²) < 4.78 is 9.69. The zero-order valence-electron chi connectivity index (χ0n) is 34.7. The third-order valence-corrected chi connectivity index (χ3v) is 12.8. The molecule has 4 aromatic carbocycles. The minimum absolute atomic E-state index is 0.0725. The third-order valence-electron chi connectivity index (χ3n) is 12.8. The molecular weight excluding hydrogens is 773 g/mol. The van der Waals surface area contributed by atoms with Crippen LogP contribution in [0.1, 0.15) is 81.3 Å². The van der Waals surface area contributed by atoms with Crippen molar-refractivity contribution in [2.24, 2.45) is 11.8 Å². The van der Waals surface area contributed by atoms with E-state index in [0.717, 1.165) is 87.9 Å². The number of piperidine rings is 1. The molecule has 3 fully saturated rings. The molecule has 6 atom stereocenters. The molecule has 2 aliphatic heterocycles. The fraction of sp³-hybridized carbons (Fsp3) is 0.362. The molecule has 9 rings (SSSR count). The van der Waals surface area contributed by atoms with Crippen LogP contribution in [0.25, 0.3) is 44.2 Å². The zero-order valence-corrected chi connectivity index (χ0v) is 34.7. The van der Waals surface area contributed by atoms with E-state index < -0.39 is 24.3 Å². The van der Waals surface area contributed by atoms with Crippen LogP contribution in [0, 0.1) is 11.8 Å². The van der Waals surface area contributed by atoms with Gasteiger partial charge in [-0.3, -0.25) is 9.59 Å². The summed E-state index contributed by atoms with van der Waals surface area (Å²) in [6.45, 7) is 4.40. The molecule has 4 amide bonds. The van der Waals surface area contributed by atoms with Gasteiger partial charge in [0.25, 0.3) is 5.91 Å². The number of amides is 4. The number of fused-ring (bicyclic) bond motifs is 5. The molecule has 6 unspecified atom stereocenters. The molecule has 14 nitrogen and oxygen atoms in total. The topological polar surface area (TPSA) is 175 Å². The average Bonchev–Trinajstić information content (AvgIpc) is 4.15. The Morgan fingerprint density at radius 3 is 2.28 bits per heavy atom. The van der Waals surface area contributed by atoms with Crippen LogP contribution in [0.3, 0.4) is 0 Å². The van der Waals surface area contributed by atoms with E-state index in [1.165, 1.54) is 14.2 Å². The molecule has 1 aliphatic carbocycles. The lowest BCUT2D eigenvalue weighted by Gasteiger charge is -2.36. The summed E-state index contributed by atoms with van der Waals surface area (Å²) in [5, 5.41) is 7.55. The van der Waals surface area contributed by atoms with Gasteiger partial charge in [-0.2, -0.15) is 0 Å². The summed E-state index contributed by atoms with van der Waals surface area (Å²) in [5.41, 5.74) is 6.41. The third kappa shape index (κ3) is 7.44. The number of methoxy groups -OCH3 is 2. The van der Waals surface area contributed by atoms with Crippen molar-refractivity contribution >= 4 is 45.8 Å². The van der Waals surface area contributed by atoms with Crippen LogP contribution in [0.15, 0.2) is 91.1 Å². The van der Waals surface area contributed by atoms with Crippen molar-refractivity contribution in [3.63, 3.8) is 0 Å². The van der Waals surface area contributed by atoms with Crippen LogP contribution in [0.2, 0.25) is 0 Å². The first-order valence-electron chi connectivity index (χ1n) is 21.1. The van der Waals surface area contributed by atoms with Gasteiger partial charge in [0.2, 0.25) is 5.91 Å². The predicted molar refractivity (Wildman–Crippen MR) is 230 cm³/mol. The number of H-pyrrole nitrogens is 2. The van der Waals surface area contributed by atoms with Crippen molar-refractivity contribution in [1.82, 2.24) is 40.4 Å². The maximum Gasteiger partial charge on any atom is 0.407 e. The van der Waals surface area contributed by atoms with Crippen molar-refractivity contribution < 1.29 is 28.7 Å². The number of alkyl carbamates (subject to hydrolysis) is 2. The number of hydrogen-bond donors (Lipinski definition) is 4. The number of aromatic nitrogens is 4. The lowest BCUT2D eigenvalue weighted by Crippen LogP contribution is -2.51. The molecule has 3 aliphatic rings. The first-order chi connectivity index (χ1) is 29.6. The maximum atomic E-state index is 14.3. The van der Waals surface area contributed by atoms with Crippen molar-refractivity contribution in [2.45, 2.75) is 76.2 Å². The standard InChI is InChI=1S/C47H50N8O6/c1-26(2)38(52-46(58)60-3)44(56)54-22-8-11-37(54)42-49-35-21-18-31-23-30(17-20-34(31)40(35)51-42)27-12-14-28(15-13-27)36-25-48-43(50-36)41-32-16-19-33(24-32)55(41)45(57)39(53-47(59)61-4)29-9-6-5-7-10-29/h5-7,9-10,12-15,17-18,20-21,23,25-26,32-33,37-39,41H,8,11,16,19,22,24H2,1-4H3,(H,48,50)(H,49,51)(H,52,58)(H,53,59). The van der Waals surface area contributed by atoms with E-state index in [2.05, 4.69) is 69.1 Å². The number of ether oxygens (including phenoxy) is 2. The molecule has 14 heteroatoms. The zero-order chi connectivity index (χ0) is 42.4. The van der Waals surface area contributed by atoms with E-state index in [0.29, 0.717) is 12.1 Å². The highest BCUT2D eigenvalue weighted by Crippen LogP contribution is 2.50.